The van der Waals surface area contributed by atoms with E-state index in [4.69, 9.17) is 21.7 Å². The number of nitrogens with one attached hydrogen (secondary N) is 1. The molecule has 0 heterocycles. The topological polar surface area (TPSA) is 193 Å². The van der Waals surface area contributed by atoms with E-state index in [1.807, 2.05) is 6.07 Å². The number of nitrogens with two attached hydrogens (primary N) is 2. The van der Waals surface area contributed by atoms with E-state index in [2.05, 4.69) is 74.7 Å². The molecular formula is C58H107N3O7S. The Morgan fingerprint density at radius 3 is 1.16 bits per heavy atom. The maximum atomic E-state index is 11.3. The molecule has 0 amide bonds. The van der Waals surface area contributed by atoms with Gasteiger partial charge in [-0.05, 0) is 102 Å². The fourth-order valence-corrected chi connectivity index (χ4v) is 8.02. The van der Waals surface area contributed by atoms with E-state index < -0.39 is 22.1 Å². The van der Waals surface area contributed by atoms with Gasteiger partial charge in [0.2, 0.25) is 0 Å². The monoisotopic (exact) mass is 990 g/mol. The van der Waals surface area contributed by atoms with Crippen LogP contribution in [0, 0.1) is 0 Å². The van der Waals surface area contributed by atoms with Crippen LogP contribution in [0.2, 0.25) is 0 Å². The molecule has 0 aliphatic rings. The van der Waals surface area contributed by atoms with Crippen LogP contribution in [0.4, 0.5) is 0 Å². The molecule has 0 atom stereocenters. The minimum atomic E-state index is -4.10. The average molecular weight is 991 g/mol. The zero-order chi connectivity index (χ0) is 51.6. The zero-order valence-electron chi connectivity index (χ0n) is 44.5. The van der Waals surface area contributed by atoms with E-state index in [-0.39, 0.29) is 4.90 Å². The lowest BCUT2D eigenvalue weighted by molar-refractivity contribution is -0.138. The molecule has 0 fully saturated rings. The van der Waals surface area contributed by atoms with Gasteiger partial charge in [-0.1, -0.05) is 210 Å². The van der Waals surface area contributed by atoms with Crippen molar-refractivity contribution in [3.63, 3.8) is 0 Å². The first kappa shape index (κ1) is 70.2. The number of hydrogen-bond donors (Lipinski definition) is 6. The number of unbranched alkanes of at least 4 members (excludes halogenated alkanes) is 25. The van der Waals surface area contributed by atoms with Crippen molar-refractivity contribution >= 4 is 22.1 Å². The molecule has 10 nitrogen and oxygen atoms in total. The first-order chi connectivity index (χ1) is 33.5. The van der Waals surface area contributed by atoms with Gasteiger partial charge in [-0.25, -0.2) is 0 Å². The van der Waals surface area contributed by atoms with Gasteiger partial charge < -0.3 is 27.0 Å². The van der Waals surface area contributed by atoms with E-state index in [0.29, 0.717) is 32.4 Å². The Bertz CT molecular complexity index is 1400. The van der Waals surface area contributed by atoms with Crippen LogP contribution >= 0.6 is 0 Å². The van der Waals surface area contributed by atoms with Gasteiger partial charge >= 0.3 is 11.9 Å². The molecule has 0 spiro atoms. The highest BCUT2D eigenvalue weighted by molar-refractivity contribution is 7.85. The van der Waals surface area contributed by atoms with Crippen LogP contribution in [0.1, 0.15) is 245 Å². The molecule has 69 heavy (non-hydrogen) atoms. The quantitative estimate of drug-likeness (QED) is 0.0208. The van der Waals surface area contributed by atoms with E-state index >= 15 is 0 Å². The summed E-state index contributed by atoms with van der Waals surface area (Å²) >= 11 is 0. The molecule has 8 N–H and O–H groups in total. The number of benzene rings is 1. The molecule has 0 aromatic heterocycles. The minimum absolute atomic E-state index is 0.0610. The Morgan fingerprint density at radius 2 is 0.797 bits per heavy atom. The lowest BCUT2D eigenvalue weighted by Gasteiger charge is -2.07. The van der Waals surface area contributed by atoms with Gasteiger partial charge in [-0.15, -0.1) is 0 Å². The van der Waals surface area contributed by atoms with Gasteiger partial charge in [-0.3, -0.25) is 14.1 Å². The van der Waals surface area contributed by atoms with E-state index in [0.717, 1.165) is 82.9 Å². The second kappa shape index (κ2) is 59.2. The SMILES string of the molecule is CCCCC/C=C\C/C=C\CCCCCCCC(=O)O.CCCCC/C=C\C/C=C\CCCCCCCC(=O)O.CCCCCCCCCCCCc1ccccc1S(=O)(=O)O.NCCNCCN. The normalized spacial score (nSPS) is 11.4. The molecule has 0 saturated heterocycles. The second-order valence-electron chi connectivity index (χ2n) is 18.1. The van der Waals surface area contributed by atoms with Crippen LogP contribution in [-0.2, 0) is 26.1 Å². The summed E-state index contributed by atoms with van der Waals surface area (Å²) in [6, 6.07) is 6.73. The number of aliphatic carboxylic acids is 2. The van der Waals surface area contributed by atoms with Crippen LogP contribution < -0.4 is 16.8 Å². The van der Waals surface area contributed by atoms with Crippen LogP contribution in [0.25, 0.3) is 0 Å². The standard InChI is InChI=1S/C18H30O3S.2C18H32O2.C4H13N3/c1-2-3-4-5-6-7-8-9-10-11-14-17-15-12-13-16-18(17)22(19,20)21;2*1-2-3-4-5-6-7-8-9-10-11-12-13-14-15-16-17-18(19)20;5-1-3-7-4-2-6/h12-13,15-16H,2-11,14H2,1H3,(H,19,20,21);2*6-7,9-10H,2-5,8,11-17H2,1H3,(H,19,20);7H,1-6H2/b;2*7-6-,10-9-;. The van der Waals surface area contributed by atoms with Gasteiger partial charge in [0.1, 0.15) is 0 Å². The molecule has 0 aliphatic heterocycles. The Balaban J connectivity index is -0.000000885. The van der Waals surface area contributed by atoms with Gasteiger partial charge in [-0.2, -0.15) is 8.42 Å². The van der Waals surface area contributed by atoms with Gasteiger partial charge in [0, 0.05) is 39.0 Å². The molecule has 402 valence electrons. The van der Waals surface area contributed by atoms with Crippen molar-refractivity contribution in [1.29, 1.82) is 0 Å². The van der Waals surface area contributed by atoms with Gasteiger partial charge in [0.25, 0.3) is 10.1 Å². The first-order valence-electron chi connectivity index (χ1n) is 27.7. The van der Waals surface area contributed by atoms with Crippen molar-refractivity contribution < 1.29 is 32.8 Å². The van der Waals surface area contributed by atoms with Crippen LogP contribution in [0.5, 0.6) is 0 Å². The molecule has 0 bridgehead atoms. The molecule has 0 unspecified atom stereocenters. The molecule has 0 radical (unpaired) electrons. The summed E-state index contributed by atoms with van der Waals surface area (Å²) in [6.07, 6.45) is 57.9. The predicted octanol–water partition coefficient (Wildman–Crippen LogP) is 15.7. The van der Waals surface area contributed by atoms with E-state index in [1.165, 1.54) is 147 Å². The summed E-state index contributed by atoms with van der Waals surface area (Å²) in [5.74, 6) is -1.34. The number of carboxylic acids is 2. The lowest BCUT2D eigenvalue weighted by atomic mass is 10.0. The largest absolute Gasteiger partial charge is 0.481 e. The van der Waals surface area contributed by atoms with Gasteiger partial charge in [0.15, 0.2) is 0 Å². The third kappa shape index (κ3) is 62.9. The van der Waals surface area contributed by atoms with E-state index in [1.54, 1.807) is 12.1 Å². The highest BCUT2D eigenvalue weighted by Gasteiger charge is 2.13. The number of aryl methyl sites for hydroxylation is 1. The summed E-state index contributed by atoms with van der Waals surface area (Å²) in [6.45, 7) is 9.84. The Hall–Kier alpha value is -3.09. The van der Waals surface area contributed by atoms with Crippen molar-refractivity contribution in [1.82, 2.24) is 5.32 Å². The maximum absolute atomic E-state index is 11.3. The van der Waals surface area contributed by atoms with Gasteiger partial charge in [0.05, 0.1) is 4.90 Å². The van der Waals surface area contributed by atoms with Crippen molar-refractivity contribution in [2.45, 2.75) is 250 Å². The Kier molecular flexibility index (Phi) is 60.2. The first-order valence-corrected chi connectivity index (χ1v) is 29.1. The van der Waals surface area contributed by atoms with Crippen LogP contribution in [0.3, 0.4) is 0 Å². The Labute approximate surface area is 424 Å². The number of rotatable bonds is 44. The number of carboxylic acid groups (broad SMARTS) is 2. The zero-order valence-corrected chi connectivity index (χ0v) is 45.4. The molecule has 1 aromatic rings. The molecule has 11 heteroatoms. The summed E-state index contributed by atoms with van der Waals surface area (Å²) in [5, 5.41) is 20.0. The third-order valence-electron chi connectivity index (χ3n) is 11.4. The fraction of sp³-hybridized carbons (Fsp3) is 0.724. The fourth-order valence-electron chi connectivity index (χ4n) is 7.27. The minimum Gasteiger partial charge on any atom is -0.481 e. The molecule has 0 aliphatic carbocycles. The van der Waals surface area contributed by atoms with Crippen molar-refractivity contribution in [2.75, 3.05) is 26.2 Å². The van der Waals surface area contributed by atoms with Crippen molar-refractivity contribution in [3.05, 3.63) is 78.4 Å². The number of carbonyl (C=O) groups is 2. The molecule has 1 aromatic carbocycles. The van der Waals surface area contributed by atoms with Crippen molar-refractivity contribution in [3.8, 4) is 0 Å². The highest BCUT2D eigenvalue weighted by Crippen LogP contribution is 2.19. The molecule has 1 rings (SSSR count). The van der Waals surface area contributed by atoms with Crippen LogP contribution in [-0.4, -0.2) is 61.3 Å². The summed E-state index contributed by atoms with van der Waals surface area (Å²) in [7, 11) is -4.10. The predicted molar refractivity (Wildman–Crippen MR) is 297 cm³/mol. The second-order valence-corrected chi connectivity index (χ2v) is 19.5. The summed E-state index contributed by atoms with van der Waals surface area (Å²) in [5.41, 5.74) is 11.1. The van der Waals surface area contributed by atoms with Crippen molar-refractivity contribution in [2.24, 2.45) is 11.5 Å². The number of hydrogen-bond acceptors (Lipinski definition) is 7. The third-order valence-corrected chi connectivity index (χ3v) is 12.3. The summed E-state index contributed by atoms with van der Waals surface area (Å²) < 4.78 is 31.8. The lowest BCUT2D eigenvalue weighted by Crippen LogP contribution is -2.27. The maximum Gasteiger partial charge on any atom is 0.303 e. The Morgan fingerprint density at radius 1 is 0.478 bits per heavy atom. The average Bonchev–Trinajstić information content (AvgIpc) is 3.32. The van der Waals surface area contributed by atoms with E-state index in [9.17, 15) is 22.6 Å². The number of allylic oxidation sites excluding steroid dienone is 8. The molecular weight excluding hydrogens is 883 g/mol. The molecule has 0 saturated carbocycles. The summed E-state index contributed by atoms with van der Waals surface area (Å²) in [4.78, 5) is 20.7. The van der Waals surface area contributed by atoms with Crippen LogP contribution in [0.15, 0.2) is 77.8 Å². The smallest absolute Gasteiger partial charge is 0.303 e. The highest BCUT2D eigenvalue weighted by atomic mass is 32.2.